The monoisotopic (exact) mass is 367 g/mol. The molecule has 2 aromatic rings. The summed E-state index contributed by atoms with van der Waals surface area (Å²) in [4.78, 5) is 19.3. The van der Waals surface area contributed by atoms with E-state index in [4.69, 9.17) is 0 Å². The fourth-order valence-corrected chi connectivity index (χ4v) is 3.98. The molecule has 0 spiro atoms. The van der Waals surface area contributed by atoms with E-state index in [0.29, 0.717) is 6.54 Å². The minimum Gasteiger partial charge on any atom is -0.347 e. The first-order chi connectivity index (χ1) is 13.2. The normalized spacial score (nSPS) is 21.6. The molecule has 2 fully saturated rings. The molecule has 1 amide bonds. The number of nitrogens with zero attached hydrogens (tertiary/aromatic N) is 2. The van der Waals surface area contributed by atoms with Crippen molar-refractivity contribution in [1.82, 2.24) is 15.2 Å². The first kappa shape index (κ1) is 18.1. The van der Waals surface area contributed by atoms with Gasteiger partial charge in [-0.05, 0) is 56.3 Å². The molecule has 0 bridgehead atoms. The van der Waals surface area contributed by atoms with Crippen molar-refractivity contribution in [3.05, 3.63) is 65.7 Å². The molecule has 4 nitrogen and oxygen atoms in total. The Morgan fingerprint density at radius 1 is 1.19 bits per heavy atom. The first-order valence-electron chi connectivity index (χ1n) is 9.88. The highest BCUT2D eigenvalue weighted by Crippen LogP contribution is 2.33. The summed E-state index contributed by atoms with van der Waals surface area (Å²) >= 11 is 0. The quantitative estimate of drug-likeness (QED) is 0.847. The van der Waals surface area contributed by atoms with Gasteiger partial charge >= 0.3 is 0 Å². The zero-order chi connectivity index (χ0) is 18.6. The summed E-state index contributed by atoms with van der Waals surface area (Å²) in [6, 6.07) is 12.8. The summed E-state index contributed by atoms with van der Waals surface area (Å²) in [6.45, 7) is 2.39. The number of aromatic nitrogens is 1. The average molecular weight is 367 g/mol. The van der Waals surface area contributed by atoms with Crippen LogP contribution in [0.25, 0.3) is 0 Å². The van der Waals surface area contributed by atoms with Crippen molar-refractivity contribution >= 4 is 5.91 Å². The van der Waals surface area contributed by atoms with E-state index in [1.807, 2.05) is 30.3 Å². The number of benzene rings is 1. The number of amides is 1. The number of likely N-dealkylation sites (tertiary alicyclic amines) is 1. The van der Waals surface area contributed by atoms with Crippen molar-refractivity contribution in [2.45, 2.75) is 38.3 Å². The van der Waals surface area contributed by atoms with Gasteiger partial charge in [0.15, 0.2) is 0 Å². The lowest BCUT2D eigenvalue weighted by atomic mass is 9.88. The second-order valence-corrected chi connectivity index (χ2v) is 7.74. The van der Waals surface area contributed by atoms with Gasteiger partial charge in [-0.1, -0.05) is 24.3 Å². The van der Waals surface area contributed by atoms with Gasteiger partial charge in [-0.25, -0.2) is 4.39 Å². The molecule has 4 rings (SSSR count). The van der Waals surface area contributed by atoms with Crippen LogP contribution in [0.2, 0.25) is 0 Å². The molecule has 0 radical (unpaired) electrons. The summed E-state index contributed by atoms with van der Waals surface area (Å²) in [5, 5.41) is 3.26. The second-order valence-electron chi connectivity index (χ2n) is 7.74. The molecule has 2 unspecified atom stereocenters. The lowest BCUT2D eigenvalue weighted by molar-refractivity contribution is -0.123. The minimum absolute atomic E-state index is 0.0808. The molecule has 1 aromatic heterocycles. The van der Waals surface area contributed by atoms with Crippen molar-refractivity contribution in [1.29, 1.82) is 0 Å². The Labute approximate surface area is 159 Å². The van der Waals surface area contributed by atoms with Crippen molar-refractivity contribution in [2.24, 2.45) is 11.8 Å². The van der Waals surface area contributed by atoms with Crippen LogP contribution in [0.15, 0.2) is 48.7 Å². The Morgan fingerprint density at radius 2 is 2.00 bits per heavy atom. The summed E-state index contributed by atoms with van der Waals surface area (Å²) in [5.74, 6) is 0.456. The van der Waals surface area contributed by atoms with Gasteiger partial charge in [0.2, 0.25) is 5.91 Å². The number of carbonyl (C=O) groups excluding carboxylic acids is 1. The van der Waals surface area contributed by atoms with Crippen molar-refractivity contribution in [3.63, 3.8) is 0 Å². The van der Waals surface area contributed by atoms with E-state index in [1.165, 1.54) is 6.07 Å². The number of carbonyl (C=O) groups is 1. The number of halogens is 1. The highest BCUT2D eigenvalue weighted by atomic mass is 19.1. The van der Waals surface area contributed by atoms with Gasteiger partial charge in [0.1, 0.15) is 5.82 Å². The summed E-state index contributed by atoms with van der Waals surface area (Å²) in [5.41, 5.74) is 1.65. The highest BCUT2D eigenvalue weighted by molar-refractivity contribution is 5.81. The van der Waals surface area contributed by atoms with Crippen molar-refractivity contribution < 1.29 is 9.18 Å². The second kappa shape index (κ2) is 8.17. The predicted molar refractivity (Wildman–Crippen MR) is 102 cm³/mol. The Kier molecular flexibility index (Phi) is 5.48. The third kappa shape index (κ3) is 4.53. The van der Waals surface area contributed by atoms with E-state index in [9.17, 15) is 9.18 Å². The fraction of sp³-hybridized carbons (Fsp3) is 0.455. The standard InChI is InChI=1S/C22H26FN3O/c23-19-8-2-1-6-17(19)14-26-13-5-7-18(15-26)21(20-9-3-4-12-24-20)25-22(27)16-10-11-16/h1-4,6,8-9,12,16,18,21H,5,7,10-11,13-15H2,(H,25,27). The van der Waals surface area contributed by atoms with Crippen LogP contribution in [0.4, 0.5) is 4.39 Å². The molecule has 1 aliphatic carbocycles. The predicted octanol–water partition coefficient (Wildman–Crippen LogP) is 3.70. The molecule has 1 N–H and O–H groups in total. The largest absolute Gasteiger partial charge is 0.347 e. The van der Waals surface area contributed by atoms with Gasteiger partial charge in [0.05, 0.1) is 11.7 Å². The van der Waals surface area contributed by atoms with Crippen LogP contribution in [0.5, 0.6) is 0 Å². The lowest BCUT2D eigenvalue weighted by Gasteiger charge is -2.37. The van der Waals surface area contributed by atoms with Crippen LogP contribution in [-0.4, -0.2) is 28.9 Å². The molecule has 2 atom stereocenters. The molecule has 2 heterocycles. The smallest absolute Gasteiger partial charge is 0.223 e. The molecule has 142 valence electrons. The Balaban J connectivity index is 1.49. The molecule has 1 saturated heterocycles. The fourth-order valence-electron chi connectivity index (χ4n) is 3.98. The maximum atomic E-state index is 14.0. The molecular weight excluding hydrogens is 341 g/mol. The van der Waals surface area contributed by atoms with Crippen molar-refractivity contribution in [2.75, 3.05) is 13.1 Å². The van der Waals surface area contributed by atoms with Gasteiger partial charge < -0.3 is 5.32 Å². The van der Waals surface area contributed by atoms with E-state index in [2.05, 4.69) is 15.2 Å². The summed E-state index contributed by atoms with van der Waals surface area (Å²) < 4.78 is 14.0. The Morgan fingerprint density at radius 3 is 2.74 bits per heavy atom. The summed E-state index contributed by atoms with van der Waals surface area (Å²) in [6.07, 6.45) is 5.85. The van der Waals surface area contributed by atoms with Gasteiger partial charge in [0.25, 0.3) is 0 Å². The molecule has 1 aromatic carbocycles. The third-order valence-electron chi connectivity index (χ3n) is 5.62. The average Bonchev–Trinajstić information content (AvgIpc) is 3.54. The van der Waals surface area contributed by atoms with E-state index in [0.717, 1.165) is 50.0 Å². The van der Waals surface area contributed by atoms with Crippen molar-refractivity contribution in [3.8, 4) is 0 Å². The molecule has 2 aliphatic rings. The molecule has 5 heteroatoms. The van der Waals surface area contributed by atoms with Gasteiger partial charge in [-0.2, -0.15) is 0 Å². The number of hydrogen-bond donors (Lipinski definition) is 1. The maximum absolute atomic E-state index is 14.0. The van der Waals surface area contributed by atoms with Gasteiger partial charge in [-0.15, -0.1) is 0 Å². The topological polar surface area (TPSA) is 45.2 Å². The highest BCUT2D eigenvalue weighted by Gasteiger charge is 2.35. The van der Waals surface area contributed by atoms with E-state index in [-0.39, 0.29) is 29.6 Å². The van der Waals surface area contributed by atoms with Crippen LogP contribution in [0, 0.1) is 17.7 Å². The molecule has 27 heavy (non-hydrogen) atoms. The van der Waals surface area contributed by atoms with E-state index >= 15 is 0 Å². The number of piperidine rings is 1. The van der Waals surface area contributed by atoms with Gasteiger partial charge in [-0.3, -0.25) is 14.7 Å². The molecular formula is C22H26FN3O. The van der Waals surface area contributed by atoms with E-state index in [1.54, 1.807) is 12.3 Å². The minimum atomic E-state index is -0.150. The van der Waals surface area contributed by atoms with Crippen LogP contribution in [-0.2, 0) is 11.3 Å². The molecule has 1 aliphatic heterocycles. The number of hydrogen-bond acceptors (Lipinski definition) is 3. The summed E-state index contributed by atoms with van der Waals surface area (Å²) in [7, 11) is 0. The van der Waals surface area contributed by atoms with Crippen LogP contribution >= 0.6 is 0 Å². The Hall–Kier alpha value is -2.27. The van der Waals surface area contributed by atoms with Gasteiger partial charge in [0, 0.05) is 30.8 Å². The van der Waals surface area contributed by atoms with Crippen LogP contribution in [0.1, 0.15) is 43.0 Å². The number of pyridine rings is 1. The zero-order valence-corrected chi connectivity index (χ0v) is 15.5. The molecule has 1 saturated carbocycles. The van der Waals surface area contributed by atoms with E-state index < -0.39 is 0 Å². The SMILES string of the molecule is O=C(NC(c1ccccn1)C1CCCN(Cc2ccccc2F)C1)C1CC1. The van der Waals surface area contributed by atoms with Crippen LogP contribution < -0.4 is 5.32 Å². The zero-order valence-electron chi connectivity index (χ0n) is 15.5. The third-order valence-corrected chi connectivity index (χ3v) is 5.62. The number of nitrogens with one attached hydrogen (secondary N) is 1. The Bertz CT molecular complexity index is 778. The first-order valence-corrected chi connectivity index (χ1v) is 9.88. The maximum Gasteiger partial charge on any atom is 0.223 e. The lowest BCUT2D eigenvalue weighted by Crippen LogP contribution is -2.43. The number of rotatable bonds is 6. The van der Waals surface area contributed by atoms with Crippen LogP contribution in [0.3, 0.4) is 0 Å².